The number of benzene rings is 1. The summed E-state index contributed by atoms with van der Waals surface area (Å²) in [7, 11) is 0. The summed E-state index contributed by atoms with van der Waals surface area (Å²) < 4.78 is 5.48. The van der Waals surface area contributed by atoms with Gasteiger partial charge in [0, 0.05) is 0 Å². The molecule has 78 valence electrons. The van der Waals surface area contributed by atoms with Crippen molar-refractivity contribution in [1.29, 1.82) is 5.26 Å². The maximum absolute atomic E-state index is 11.5. The van der Waals surface area contributed by atoms with Gasteiger partial charge in [0.1, 0.15) is 5.75 Å². The molecule has 0 radical (unpaired) electrons. The van der Waals surface area contributed by atoms with E-state index < -0.39 is 0 Å². The van der Waals surface area contributed by atoms with Crippen LogP contribution in [0.2, 0.25) is 0 Å². The lowest BCUT2D eigenvalue weighted by molar-refractivity contribution is 0.0992. The molecule has 3 nitrogen and oxygen atoms in total. The Bertz CT molecular complexity index is 391. The Kier molecular flexibility index (Phi) is 3.87. The molecule has 0 saturated carbocycles. The summed E-state index contributed by atoms with van der Waals surface area (Å²) in [5, 5.41) is 8.46. The zero-order valence-corrected chi connectivity index (χ0v) is 8.86. The minimum atomic E-state index is -0.200. The number of nitriles is 1. The molecule has 15 heavy (non-hydrogen) atoms. The molecule has 0 N–H and O–H groups in total. The maximum Gasteiger partial charge on any atom is 0.180 e. The molecule has 0 spiro atoms. The van der Waals surface area contributed by atoms with E-state index in [-0.39, 0.29) is 18.3 Å². The molecular formula is C12H13NO2. The van der Waals surface area contributed by atoms with Crippen LogP contribution in [0.1, 0.15) is 30.6 Å². The van der Waals surface area contributed by atoms with Crippen LogP contribution in [0.5, 0.6) is 5.75 Å². The first-order valence-electron chi connectivity index (χ1n) is 4.81. The highest BCUT2D eigenvalue weighted by molar-refractivity contribution is 5.99. The monoisotopic (exact) mass is 203 g/mol. The summed E-state index contributed by atoms with van der Waals surface area (Å²) in [6.07, 6.45) is -0.0978. The summed E-state index contributed by atoms with van der Waals surface area (Å²) in [6.45, 7) is 3.79. The van der Waals surface area contributed by atoms with Gasteiger partial charge in [-0.05, 0) is 26.0 Å². The molecule has 1 aromatic rings. The van der Waals surface area contributed by atoms with Gasteiger partial charge in [0.25, 0.3) is 0 Å². The van der Waals surface area contributed by atoms with Gasteiger partial charge >= 0.3 is 0 Å². The van der Waals surface area contributed by atoms with E-state index in [1.807, 2.05) is 19.9 Å². The zero-order chi connectivity index (χ0) is 11.3. The lowest BCUT2D eigenvalue weighted by Crippen LogP contribution is -2.09. The molecule has 0 saturated heterocycles. The highest BCUT2D eigenvalue weighted by atomic mass is 16.5. The quantitative estimate of drug-likeness (QED) is 0.706. The fourth-order valence-electron chi connectivity index (χ4n) is 1.22. The molecule has 0 aromatic heterocycles. The Morgan fingerprint density at radius 1 is 1.47 bits per heavy atom. The third-order valence-electron chi connectivity index (χ3n) is 1.79. The van der Waals surface area contributed by atoms with Crippen molar-refractivity contribution in [2.45, 2.75) is 26.4 Å². The van der Waals surface area contributed by atoms with Crippen LogP contribution in [-0.4, -0.2) is 11.9 Å². The number of para-hydroxylation sites is 1. The van der Waals surface area contributed by atoms with Gasteiger partial charge in [0.2, 0.25) is 0 Å². The van der Waals surface area contributed by atoms with Gasteiger partial charge in [-0.3, -0.25) is 4.79 Å². The van der Waals surface area contributed by atoms with Crippen molar-refractivity contribution in [2.24, 2.45) is 0 Å². The van der Waals surface area contributed by atoms with Crippen LogP contribution in [0.25, 0.3) is 0 Å². The zero-order valence-electron chi connectivity index (χ0n) is 8.86. The summed E-state index contributed by atoms with van der Waals surface area (Å²) in [5.41, 5.74) is 0.479. The second-order valence-corrected chi connectivity index (χ2v) is 3.42. The van der Waals surface area contributed by atoms with Gasteiger partial charge in [0.05, 0.1) is 24.2 Å². The van der Waals surface area contributed by atoms with Gasteiger partial charge in [-0.1, -0.05) is 12.1 Å². The number of rotatable bonds is 4. The second kappa shape index (κ2) is 5.16. The molecule has 0 heterocycles. The molecular weight excluding hydrogens is 190 g/mol. The van der Waals surface area contributed by atoms with Crippen LogP contribution in [-0.2, 0) is 0 Å². The van der Waals surface area contributed by atoms with Crippen LogP contribution in [0, 0.1) is 11.3 Å². The first kappa shape index (κ1) is 11.3. The predicted octanol–water partition coefficient (Wildman–Crippen LogP) is 2.57. The van der Waals surface area contributed by atoms with Crippen molar-refractivity contribution < 1.29 is 9.53 Å². The molecule has 3 heteroatoms. The van der Waals surface area contributed by atoms with Crippen molar-refractivity contribution in [2.75, 3.05) is 0 Å². The number of hydrogen-bond acceptors (Lipinski definition) is 3. The van der Waals surface area contributed by atoms with Crippen LogP contribution in [0.4, 0.5) is 0 Å². The van der Waals surface area contributed by atoms with E-state index in [0.717, 1.165) is 0 Å². The van der Waals surface area contributed by atoms with Crippen LogP contribution >= 0.6 is 0 Å². The van der Waals surface area contributed by atoms with Crippen LogP contribution < -0.4 is 4.74 Å². The first-order valence-corrected chi connectivity index (χ1v) is 4.81. The average Bonchev–Trinajstić information content (AvgIpc) is 2.18. The van der Waals surface area contributed by atoms with Gasteiger partial charge in [0.15, 0.2) is 5.78 Å². The number of carbonyl (C=O) groups excluding carboxylic acids is 1. The number of ether oxygens (including phenoxy) is 1. The Balaban J connectivity index is 2.96. The minimum absolute atomic E-state index is 0.0148. The molecule has 0 aliphatic rings. The van der Waals surface area contributed by atoms with Gasteiger partial charge < -0.3 is 4.74 Å². The third kappa shape index (κ3) is 3.10. The van der Waals surface area contributed by atoms with E-state index in [0.29, 0.717) is 11.3 Å². The molecule has 1 rings (SSSR count). The van der Waals surface area contributed by atoms with Gasteiger partial charge in [-0.25, -0.2) is 0 Å². The summed E-state index contributed by atoms with van der Waals surface area (Å²) in [4.78, 5) is 11.5. The molecule has 0 unspecified atom stereocenters. The Morgan fingerprint density at radius 2 is 2.13 bits per heavy atom. The molecule has 0 amide bonds. The van der Waals surface area contributed by atoms with Crippen LogP contribution in [0.3, 0.4) is 0 Å². The van der Waals surface area contributed by atoms with Crippen molar-refractivity contribution in [3.8, 4) is 11.8 Å². The molecule has 1 aromatic carbocycles. The Morgan fingerprint density at radius 3 is 2.73 bits per heavy atom. The summed E-state index contributed by atoms with van der Waals surface area (Å²) in [6, 6.07) is 8.83. The van der Waals surface area contributed by atoms with E-state index >= 15 is 0 Å². The minimum Gasteiger partial charge on any atom is -0.490 e. The van der Waals surface area contributed by atoms with E-state index in [1.54, 1.807) is 24.3 Å². The number of ketones is 1. The average molecular weight is 203 g/mol. The highest BCUT2D eigenvalue weighted by Crippen LogP contribution is 2.20. The lowest BCUT2D eigenvalue weighted by Gasteiger charge is -2.12. The van der Waals surface area contributed by atoms with Crippen LogP contribution in [0.15, 0.2) is 24.3 Å². The van der Waals surface area contributed by atoms with Gasteiger partial charge in [-0.2, -0.15) is 5.26 Å². The van der Waals surface area contributed by atoms with E-state index in [4.69, 9.17) is 10.00 Å². The van der Waals surface area contributed by atoms with Crippen molar-refractivity contribution in [1.82, 2.24) is 0 Å². The molecule has 0 aliphatic heterocycles. The normalized spacial score (nSPS) is 9.73. The molecule has 0 aliphatic carbocycles. The maximum atomic E-state index is 11.5. The molecule has 0 bridgehead atoms. The highest BCUT2D eigenvalue weighted by Gasteiger charge is 2.12. The largest absolute Gasteiger partial charge is 0.490 e. The second-order valence-electron chi connectivity index (χ2n) is 3.42. The molecule has 0 atom stereocenters. The van der Waals surface area contributed by atoms with Crippen molar-refractivity contribution in [3.05, 3.63) is 29.8 Å². The SMILES string of the molecule is CC(C)Oc1ccccc1C(=O)CC#N. The van der Waals surface area contributed by atoms with Crippen molar-refractivity contribution >= 4 is 5.78 Å². The van der Waals surface area contributed by atoms with E-state index in [9.17, 15) is 4.79 Å². The topological polar surface area (TPSA) is 50.1 Å². The fraction of sp³-hybridized carbons (Fsp3) is 0.333. The third-order valence-corrected chi connectivity index (χ3v) is 1.79. The van der Waals surface area contributed by atoms with Crippen molar-refractivity contribution in [3.63, 3.8) is 0 Å². The number of hydrogen-bond donors (Lipinski definition) is 0. The standard InChI is InChI=1S/C12H13NO2/c1-9(2)15-12-6-4-3-5-10(12)11(14)7-8-13/h3-6,9H,7H2,1-2H3. The molecule has 0 fully saturated rings. The number of carbonyl (C=O) groups is 1. The smallest absolute Gasteiger partial charge is 0.180 e. The number of Topliss-reactive ketones (excluding diaryl/α,β-unsaturated/α-hetero) is 1. The summed E-state index contributed by atoms with van der Waals surface area (Å²) in [5.74, 6) is 0.349. The summed E-state index contributed by atoms with van der Waals surface area (Å²) >= 11 is 0. The van der Waals surface area contributed by atoms with Gasteiger partial charge in [-0.15, -0.1) is 0 Å². The fourth-order valence-corrected chi connectivity index (χ4v) is 1.22. The Hall–Kier alpha value is -1.82. The Labute approximate surface area is 89.3 Å². The lowest BCUT2D eigenvalue weighted by atomic mass is 10.1. The number of nitrogens with zero attached hydrogens (tertiary/aromatic N) is 1. The van der Waals surface area contributed by atoms with E-state index in [2.05, 4.69) is 0 Å². The first-order chi connectivity index (χ1) is 7.15. The predicted molar refractivity (Wildman–Crippen MR) is 56.8 cm³/mol. The van der Waals surface area contributed by atoms with E-state index in [1.165, 1.54) is 0 Å².